The highest BCUT2D eigenvalue weighted by atomic mass is 16.6. The Balaban J connectivity index is 2.63. The first-order valence-electron chi connectivity index (χ1n) is 6.28. The van der Waals surface area contributed by atoms with Crippen LogP contribution in [0.2, 0.25) is 0 Å². The number of carboxylic acids is 1. The highest BCUT2D eigenvalue weighted by molar-refractivity contribution is 5.85. The molecule has 112 valence electrons. The molecule has 7 nitrogen and oxygen atoms in total. The minimum absolute atomic E-state index is 0.0423. The van der Waals surface area contributed by atoms with Gasteiger partial charge in [0.05, 0.1) is 11.5 Å². The largest absolute Gasteiger partial charge is 0.478 e. The van der Waals surface area contributed by atoms with Crippen molar-refractivity contribution >= 4 is 18.1 Å². The van der Waals surface area contributed by atoms with Crippen LogP contribution >= 0.6 is 0 Å². The van der Waals surface area contributed by atoms with Crippen LogP contribution in [0.3, 0.4) is 0 Å². The second-order valence-corrected chi connectivity index (χ2v) is 4.47. The van der Waals surface area contributed by atoms with Crippen molar-refractivity contribution in [2.45, 2.75) is 19.4 Å². The van der Waals surface area contributed by atoms with Gasteiger partial charge in [-0.2, -0.15) is 0 Å². The fourth-order valence-electron chi connectivity index (χ4n) is 1.81. The van der Waals surface area contributed by atoms with Crippen LogP contribution in [0.15, 0.2) is 36.4 Å². The summed E-state index contributed by atoms with van der Waals surface area (Å²) in [6, 6.07) is 6.19. The van der Waals surface area contributed by atoms with Crippen molar-refractivity contribution in [3.05, 3.63) is 52.1 Å². The summed E-state index contributed by atoms with van der Waals surface area (Å²) in [5, 5.41) is 19.6. The molecule has 0 fully saturated rings. The first-order chi connectivity index (χ1) is 9.95. The predicted molar refractivity (Wildman–Crippen MR) is 75.6 cm³/mol. The summed E-state index contributed by atoms with van der Waals surface area (Å²) in [5.41, 5.74) is 0.470. The second kappa shape index (κ2) is 7.78. The van der Waals surface area contributed by atoms with Crippen LogP contribution in [0.5, 0.6) is 0 Å². The number of rotatable bonds is 9. The minimum atomic E-state index is -1.06. The number of carbonyl (C=O) groups is 2. The van der Waals surface area contributed by atoms with Gasteiger partial charge in [0.2, 0.25) is 6.41 Å². The molecule has 0 atom stereocenters. The van der Waals surface area contributed by atoms with E-state index in [1.54, 1.807) is 18.2 Å². The molecule has 0 aliphatic heterocycles. The third-order valence-electron chi connectivity index (χ3n) is 2.94. The van der Waals surface area contributed by atoms with E-state index in [2.05, 4.69) is 6.58 Å². The number of carboxylic acid groups (broad SMARTS) is 1. The Morgan fingerprint density at radius 1 is 1.43 bits per heavy atom. The Kier molecular flexibility index (Phi) is 6.06. The van der Waals surface area contributed by atoms with Crippen molar-refractivity contribution in [1.82, 2.24) is 4.90 Å². The van der Waals surface area contributed by atoms with Crippen LogP contribution in [-0.2, 0) is 16.1 Å². The number of amides is 1. The van der Waals surface area contributed by atoms with Gasteiger partial charge in [-0.25, -0.2) is 4.79 Å². The molecular weight excluding hydrogens is 276 g/mol. The first kappa shape index (κ1) is 16.4. The zero-order valence-electron chi connectivity index (χ0n) is 11.4. The van der Waals surface area contributed by atoms with Crippen LogP contribution in [-0.4, -0.2) is 33.9 Å². The van der Waals surface area contributed by atoms with E-state index in [1.165, 1.54) is 11.0 Å². The topological polar surface area (TPSA) is 101 Å². The Labute approximate surface area is 121 Å². The van der Waals surface area contributed by atoms with Crippen LogP contribution in [0.1, 0.15) is 18.4 Å². The molecule has 0 saturated heterocycles. The van der Waals surface area contributed by atoms with Crippen molar-refractivity contribution in [2.75, 3.05) is 6.54 Å². The van der Waals surface area contributed by atoms with Crippen LogP contribution in [0.4, 0.5) is 5.69 Å². The van der Waals surface area contributed by atoms with Gasteiger partial charge in [-0.1, -0.05) is 24.8 Å². The Bertz CT molecular complexity index is 556. The molecule has 0 aromatic heterocycles. The molecule has 0 aliphatic rings. The lowest BCUT2D eigenvalue weighted by Crippen LogP contribution is -2.23. The van der Waals surface area contributed by atoms with E-state index >= 15 is 0 Å². The summed E-state index contributed by atoms with van der Waals surface area (Å²) < 4.78 is 0. The average molecular weight is 292 g/mol. The van der Waals surface area contributed by atoms with E-state index in [4.69, 9.17) is 5.11 Å². The standard InChI is InChI=1S/C14H16N2O5/c1-11(14(18)19)5-4-8-15(10-17)9-12-6-2-3-7-13(12)16(20)21/h2-3,6-7,10H,1,4-5,8-9H2,(H,18,19). The lowest BCUT2D eigenvalue weighted by Gasteiger charge is -2.17. The van der Waals surface area contributed by atoms with E-state index in [1.807, 2.05) is 0 Å². The number of nitro groups is 1. The number of benzene rings is 1. The molecule has 21 heavy (non-hydrogen) atoms. The van der Waals surface area contributed by atoms with E-state index < -0.39 is 10.9 Å². The van der Waals surface area contributed by atoms with Crippen molar-refractivity contribution < 1.29 is 19.6 Å². The lowest BCUT2D eigenvalue weighted by molar-refractivity contribution is -0.385. The molecule has 1 N–H and O–H groups in total. The van der Waals surface area contributed by atoms with Gasteiger partial charge in [0.25, 0.3) is 5.69 Å². The highest BCUT2D eigenvalue weighted by Crippen LogP contribution is 2.19. The SMILES string of the molecule is C=C(CCCN(C=O)Cc1ccccc1[N+](=O)[O-])C(=O)O. The van der Waals surface area contributed by atoms with E-state index in [0.29, 0.717) is 24.9 Å². The molecule has 1 amide bonds. The molecule has 0 bridgehead atoms. The van der Waals surface area contributed by atoms with Crippen LogP contribution in [0, 0.1) is 10.1 Å². The molecule has 1 rings (SSSR count). The quantitative estimate of drug-likeness (QED) is 0.324. The summed E-state index contributed by atoms with van der Waals surface area (Å²) in [6.07, 6.45) is 1.29. The summed E-state index contributed by atoms with van der Waals surface area (Å²) in [5.74, 6) is -1.06. The molecule has 7 heteroatoms. The molecule has 0 aliphatic carbocycles. The van der Waals surface area contributed by atoms with Gasteiger partial charge >= 0.3 is 5.97 Å². The molecule has 0 saturated carbocycles. The molecule has 1 aromatic rings. The van der Waals surface area contributed by atoms with Gasteiger partial charge in [0.15, 0.2) is 0 Å². The smallest absolute Gasteiger partial charge is 0.330 e. The molecule has 0 unspecified atom stereocenters. The predicted octanol–water partition coefficient (Wildman–Crippen LogP) is 1.97. The van der Waals surface area contributed by atoms with E-state index in [0.717, 1.165) is 0 Å². The summed E-state index contributed by atoms with van der Waals surface area (Å²) in [7, 11) is 0. The normalized spacial score (nSPS) is 9.90. The summed E-state index contributed by atoms with van der Waals surface area (Å²) in [6.45, 7) is 3.82. The zero-order chi connectivity index (χ0) is 15.8. The Hall–Kier alpha value is -2.70. The lowest BCUT2D eigenvalue weighted by atomic mass is 10.1. The molecule has 0 heterocycles. The van der Waals surface area contributed by atoms with Crippen LogP contribution in [0.25, 0.3) is 0 Å². The fourth-order valence-corrected chi connectivity index (χ4v) is 1.81. The monoisotopic (exact) mass is 292 g/mol. The number of para-hydroxylation sites is 1. The maximum atomic E-state index is 11.0. The maximum absolute atomic E-state index is 11.0. The summed E-state index contributed by atoms with van der Waals surface area (Å²) in [4.78, 5) is 33.4. The highest BCUT2D eigenvalue weighted by Gasteiger charge is 2.15. The third-order valence-corrected chi connectivity index (χ3v) is 2.94. The fraction of sp³-hybridized carbons (Fsp3) is 0.286. The molecule has 0 radical (unpaired) electrons. The number of aliphatic carboxylic acids is 1. The number of hydrogen-bond acceptors (Lipinski definition) is 4. The molecule has 0 spiro atoms. The number of carbonyl (C=O) groups excluding carboxylic acids is 1. The second-order valence-electron chi connectivity index (χ2n) is 4.47. The third kappa shape index (κ3) is 5.06. The molecular formula is C14H16N2O5. The number of nitro benzene ring substituents is 1. The molecule has 1 aromatic carbocycles. The van der Waals surface area contributed by atoms with Crippen molar-refractivity contribution in [1.29, 1.82) is 0 Å². The Morgan fingerprint density at radius 2 is 2.10 bits per heavy atom. The Morgan fingerprint density at radius 3 is 2.67 bits per heavy atom. The van der Waals surface area contributed by atoms with Gasteiger partial charge in [-0.15, -0.1) is 0 Å². The van der Waals surface area contributed by atoms with Crippen molar-refractivity contribution in [2.24, 2.45) is 0 Å². The van der Waals surface area contributed by atoms with Crippen LogP contribution < -0.4 is 0 Å². The minimum Gasteiger partial charge on any atom is -0.478 e. The van der Waals surface area contributed by atoms with E-state index in [-0.39, 0.29) is 24.2 Å². The van der Waals surface area contributed by atoms with Gasteiger partial charge in [0.1, 0.15) is 0 Å². The summed E-state index contributed by atoms with van der Waals surface area (Å²) >= 11 is 0. The average Bonchev–Trinajstić information content (AvgIpc) is 2.46. The van der Waals surface area contributed by atoms with E-state index in [9.17, 15) is 19.7 Å². The van der Waals surface area contributed by atoms with Crippen molar-refractivity contribution in [3.63, 3.8) is 0 Å². The number of hydrogen-bond donors (Lipinski definition) is 1. The van der Waals surface area contributed by atoms with Gasteiger partial charge in [-0.05, 0) is 12.8 Å². The number of nitrogens with zero attached hydrogens (tertiary/aromatic N) is 2. The van der Waals surface area contributed by atoms with Gasteiger partial charge in [-0.3, -0.25) is 14.9 Å². The zero-order valence-corrected chi connectivity index (χ0v) is 11.4. The van der Waals surface area contributed by atoms with Gasteiger partial charge in [0, 0.05) is 23.7 Å². The first-order valence-corrected chi connectivity index (χ1v) is 6.28. The van der Waals surface area contributed by atoms with Crippen molar-refractivity contribution in [3.8, 4) is 0 Å². The maximum Gasteiger partial charge on any atom is 0.330 e. The van der Waals surface area contributed by atoms with Gasteiger partial charge < -0.3 is 10.0 Å².